The van der Waals surface area contributed by atoms with E-state index in [9.17, 15) is 23.1 Å². The molecule has 242 valence electrons. The van der Waals surface area contributed by atoms with E-state index in [2.05, 4.69) is 0 Å². The van der Waals surface area contributed by atoms with Gasteiger partial charge in [0, 0.05) is 10.0 Å². The number of carboxylic acids is 1. The Labute approximate surface area is 273 Å². The van der Waals surface area contributed by atoms with E-state index in [0.717, 1.165) is 4.31 Å². The van der Waals surface area contributed by atoms with Crippen LogP contribution in [0.5, 0.6) is 0 Å². The molecule has 1 saturated heterocycles. The quantitative estimate of drug-likeness (QED) is 0.242. The Hall–Kier alpha value is -3.18. The number of carbonyl (C=O) groups excluding carboxylic acids is 1. The van der Waals surface area contributed by atoms with Crippen LogP contribution < -0.4 is 4.31 Å². The minimum Gasteiger partial charge on any atom is -0.481 e. The Morgan fingerprint density at radius 2 is 1.64 bits per heavy atom. The van der Waals surface area contributed by atoms with Crippen molar-refractivity contribution >= 4 is 50.8 Å². The molecule has 4 rings (SSSR count). The fraction of sp³-hybridized carbons (Fsp3) is 0.394. The summed E-state index contributed by atoms with van der Waals surface area (Å²) in [5, 5.41) is 10.6. The number of halogens is 3. The monoisotopic (exact) mass is 678 g/mol. The zero-order chi connectivity index (χ0) is 33.3. The van der Waals surface area contributed by atoms with E-state index in [1.807, 2.05) is 13.8 Å². The van der Waals surface area contributed by atoms with Crippen molar-refractivity contribution in [1.82, 2.24) is 4.90 Å². The number of anilines is 1. The lowest BCUT2D eigenvalue weighted by atomic mass is 9.88. The molecule has 0 bridgehead atoms. The third kappa shape index (κ3) is 7.46. The number of hydrogen-bond donors (Lipinski definition) is 1. The Morgan fingerprint density at radius 1 is 1.00 bits per heavy atom. The largest absolute Gasteiger partial charge is 0.481 e. The molecule has 3 aromatic rings. The molecule has 1 fully saturated rings. The van der Waals surface area contributed by atoms with Crippen LogP contribution in [0.3, 0.4) is 0 Å². The van der Waals surface area contributed by atoms with Crippen molar-refractivity contribution in [3.8, 4) is 0 Å². The van der Waals surface area contributed by atoms with Crippen LogP contribution in [0.1, 0.15) is 64.3 Å². The average molecular weight is 680 g/mol. The molecule has 12 heteroatoms. The highest BCUT2D eigenvalue weighted by molar-refractivity contribution is 7.94. The van der Waals surface area contributed by atoms with Crippen molar-refractivity contribution < 1.29 is 32.2 Å². The maximum atomic E-state index is 15.3. The Morgan fingerprint density at radius 3 is 2.20 bits per heavy atom. The lowest BCUT2D eigenvalue weighted by molar-refractivity contribution is -0.184. The lowest BCUT2D eigenvalue weighted by Crippen LogP contribution is -2.60. The van der Waals surface area contributed by atoms with Crippen molar-refractivity contribution in [2.24, 2.45) is 5.92 Å². The van der Waals surface area contributed by atoms with Gasteiger partial charge in [0.25, 0.3) is 5.91 Å². The zero-order valence-corrected chi connectivity index (χ0v) is 28.0. The minimum absolute atomic E-state index is 0.157. The minimum atomic E-state index is -4.20. The first-order valence-corrected chi connectivity index (χ1v) is 16.7. The molecule has 0 aliphatic carbocycles. The second-order valence-electron chi connectivity index (χ2n) is 12.4. The van der Waals surface area contributed by atoms with Gasteiger partial charge in [-0.25, -0.2) is 12.8 Å². The summed E-state index contributed by atoms with van der Waals surface area (Å²) in [6, 6.07) is 17.5. The highest BCUT2D eigenvalue weighted by atomic mass is 35.5. The van der Waals surface area contributed by atoms with E-state index in [-0.39, 0.29) is 18.2 Å². The molecule has 0 aromatic heterocycles. The highest BCUT2D eigenvalue weighted by Crippen LogP contribution is 2.45. The summed E-state index contributed by atoms with van der Waals surface area (Å²) in [7, 11) is -4.20. The lowest BCUT2D eigenvalue weighted by Gasteiger charge is -2.50. The maximum Gasteiger partial charge on any atom is 0.306 e. The number of ether oxygens (including phenoxy) is 1. The highest BCUT2D eigenvalue weighted by Gasteiger charge is 2.49. The van der Waals surface area contributed by atoms with Crippen molar-refractivity contribution in [3.05, 3.63) is 99.8 Å². The van der Waals surface area contributed by atoms with E-state index >= 15 is 4.39 Å². The SMILES string of the molecule is CC(C)[C@@H](CN(c1ccccc1F)S(=O)(=O)C(C)(C)C)N1C(=O)C(CC(=O)O)OC(c2cccc(Cl)c2)C1c1ccc(Cl)cc1. The number of aliphatic carboxylic acids is 1. The number of para-hydroxylation sites is 1. The van der Waals surface area contributed by atoms with Crippen LogP contribution in [0.25, 0.3) is 0 Å². The zero-order valence-electron chi connectivity index (χ0n) is 25.7. The number of rotatable bonds is 10. The van der Waals surface area contributed by atoms with Gasteiger partial charge in [-0.1, -0.05) is 73.4 Å². The van der Waals surface area contributed by atoms with Crippen molar-refractivity contribution in [2.75, 3.05) is 10.8 Å². The number of hydrogen-bond acceptors (Lipinski definition) is 5. The molecule has 1 aliphatic rings. The van der Waals surface area contributed by atoms with Crippen molar-refractivity contribution in [3.63, 3.8) is 0 Å². The Balaban J connectivity index is 1.97. The standard InChI is InChI=1S/C33H37Cl2FN2O6S/c1-20(2)27(19-37(45(42,43)33(3,4)5)26-12-7-6-11-25(26)36)38-30(21-13-15-23(34)16-14-21)31(22-9-8-10-24(35)17-22)44-28(32(38)41)18-29(39)40/h6-17,20,27-28,30-31H,18-19H2,1-5H3,(H,39,40)/t27-,28?,30?,31?/m1/s1. The van der Waals surface area contributed by atoms with Gasteiger partial charge >= 0.3 is 5.97 Å². The van der Waals surface area contributed by atoms with Gasteiger partial charge in [0.15, 0.2) is 0 Å². The van der Waals surface area contributed by atoms with Gasteiger partial charge in [0.05, 0.1) is 35.5 Å². The number of benzene rings is 3. The molecule has 1 amide bonds. The van der Waals surface area contributed by atoms with Gasteiger partial charge in [-0.15, -0.1) is 0 Å². The Bertz CT molecular complexity index is 1650. The average Bonchev–Trinajstić information content (AvgIpc) is 2.95. The van der Waals surface area contributed by atoms with Crippen LogP contribution in [0, 0.1) is 11.7 Å². The van der Waals surface area contributed by atoms with E-state index < -0.39 is 63.2 Å². The van der Waals surface area contributed by atoms with Crippen LogP contribution in [0.15, 0.2) is 72.8 Å². The van der Waals surface area contributed by atoms with Gasteiger partial charge in [-0.3, -0.25) is 13.9 Å². The van der Waals surface area contributed by atoms with Crippen LogP contribution in [0.2, 0.25) is 10.0 Å². The van der Waals surface area contributed by atoms with Crippen LogP contribution in [0.4, 0.5) is 10.1 Å². The second kappa shape index (κ2) is 13.7. The third-order valence-electron chi connectivity index (χ3n) is 7.84. The number of carbonyl (C=O) groups is 2. The van der Waals surface area contributed by atoms with Crippen LogP contribution >= 0.6 is 23.2 Å². The smallest absolute Gasteiger partial charge is 0.306 e. The van der Waals surface area contributed by atoms with Gasteiger partial charge < -0.3 is 14.7 Å². The fourth-order valence-corrected chi connectivity index (χ4v) is 7.20. The first kappa shape index (κ1) is 34.7. The summed E-state index contributed by atoms with van der Waals surface area (Å²) in [5.41, 5.74) is 1.05. The van der Waals surface area contributed by atoms with Gasteiger partial charge in [-0.2, -0.15) is 0 Å². The summed E-state index contributed by atoms with van der Waals surface area (Å²) in [5.74, 6) is -2.99. The number of carboxylic acid groups (broad SMARTS) is 1. The molecule has 45 heavy (non-hydrogen) atoms. The third-order valence-corrected chi connectivity index (χ3v) is 10.8. The van der Waals surface area contributed by atoms with Gasteiger partial charge in [-0.05, 0) is 74.2 Å². The molecule has 8 nitrogen and oxygen atoms in total. The molecule has 0 spiro atoms. The first-order valence-electron chi connectivity index (χ1n) is 14.5. The number of nitrogens with zero attached hydrogens (tertiary/aromatic N) is 2. The molecular weight excluding hydrogens is 642 g/mol. The summed E-state index contributed by atoms with van der Waals surface area (Å²) in [4.78, 5) is 27.8. The van der Waals surface area contributed by atoms with E-state index in [1.54, 1.807) is 54.6 Å². The predicted octanol–water partition coefficient (Wildman–Crippen LogP) is 7.28. The number of morpholine rings is 1. The summed E-state index contributed by atoms with van der Waals surface area (Å²) in [6.07, 6.45) is -2.91. The first-order chi connectivity index (χ1) is 21.0. The molecular formula is C33H37Cl2FN2O6S. The molecule has 1 heterocycles. The van der Waals surface area contributed by atoms with E-state index in [4.69, 9.17) is 27.9 Å². The van der Waals surface area contributed by atoms with Crippen LogP contribution in [-0.2, 0) is 24.3 Å². The summed E-state index contributed by atoms with van der Waals surface area (Å²) >= 11 is 12.6. The maximum absolute atomic E-state index is 15.3. The molecule has 0 saturated carbocycles. The van der Waals surface area contributed by atoms with Crippen molar-refractivity contribution in [2.45, 2.75) is 70.1 Å². The molecule has 1 N–H and O–H groups in total. The molecule has 4 atom stereocenters. The second-order valence-corrected chi connectivity index (χ2v) is 15.8. The fourth-order valence-electron chi connectivity index (χ4n) is 5.46. The number of amides is 1. The van der Waals surface area contributed by atoms with Crippen molar-refractivity contribution in [1.29, 1.82) is 0 Å². The number of sulfonamides is 1. The van der Waals surface area contributed by atoms with Gasteiger partial charge in [0.2, 0.25) is 10.0 Å². The van der Waals surface area contributed by atoms with Crippen LogP contribution in [-0.4, -0.2) is 53.7 Å². The van der Waals surface area contributed by atoms with Gasteiger partial charge in [0.1, 0.15) is 18.0 Å². The van der Waals surface area contributed by atoms with E-state index in [1.165, 1.54) is 43.9 Å². The molecule has 3 unspecified atom stereocenters. The summed E-state index contributed by atoms with van der Waals surface area (Å²) < 4.78 is 49.5. The Kier molecular flexibility index (Phi) is 10.5. The summed E-state index contributed by atoms with van der Waals surface area (Å²) in [6.45, 7) is 7.92. The normalized spacial score (nSPS) is 19.9. The predicted molar refractivity (Wildman–Crippen MR) is 173 cm³/mol. The van der Waals surface area contributed by atoms with E-state index in [0.29, 0.717) is 21.2 Å². The topological polar surface area (TPSA) is 104 Å². The molecule has 1 aliphatic heterocycles. The molecule has 0 radical (unpaired) electrons. The molecule has 3 aromatic carbocycles.